The Labute approximate surface area is 239 Å². The first-order valence-electron chi connectivity index (χ1n) is 13.3. The molecular formula is C28H31N7O5S. The smallest absolute Gasteiger partial charge is 0.333 e. The lowest BCUT2D eigenvalue weighted by molar-refractivity contribution is -0.156. The van der Waals surface area contributed by atoms with Gasteiger partial charge in [0, 0.05) is 17.7 Å². The molecule has 1 aliphatic heterocycles. The van der Waals surface area contributed by atoms with Gasteiger partial charge in [-0.25, -0.2) is 9.36 Å². The van der Waals surface area contributed by atoms with Crippen molar-refractivity contribution in [1.82, 2.24) is 29.0 Å². The fourth-order valence-corrected chi connectivity index (χ4v) is 6.63. The Bertz CT molecular complexity index is 1750. The highest BCUT2D eigenvalue weighted by Gasteiger charge is 2.51. The van der Waals surface area contributed by atoms with E-state index in [0.29, 0.717) is 38.6 Å². The van der Waals surface area contributed by atoms with E-state index < -0.39 is 22.9 Å². The second kappa shape index (κ2) is 11.3. The first-order chi connectivity index (χ1) is 19.8. The average molecular weight is 578 g/mol. The zero-order valence-corrected chi connectivity index (χ0v) is 24.2. The van der Waals surface area contributed by atoms with Crippen molar-refractivity contribution in [3.63, 3.8) is 0 Å². The number of hydrogen-bond donors (Lipinski definition) is 0. The lowest BCUT2D eigenvalue weighted by Crippen LogP contribution is -2.70. The van der Waals surface area contributed by atoms with E-state index >= 15 is 0 Å². The van der Waals surface area contributed by atoms with Gasteiger partial charge >= 0.3 is 5.69 Å². The number of para-hydroxylation sites is 1. The van der Waals surface area contributed by atoms with E-state index in [2.05, 4.69) is 16.3 Å². The summed E-state index contributed by atoms with van der Waals surface area (Å²) in [6, 6.07) is 9.38. The van der Waals surface area contributed by atoms with Crippen molar-refractivity contribution in [3.05, 3.63) is 68.6 Å². The second-order valence-electron chi connectivity index (χ2n) is 10.1. The van der Waals surface area contributed by atoms with E-state index in [9.17, 15) is 14.4 Å². The van der Waals surface area contributed by atoms with Crippen LogP contribution in [0.1, 0.15) is 43.9 Å². The van der Waals surface area contributed by atoms with Gasteiger partial charge < -0.3 is 14.4 Å². The minimum atomic E-state index is -1.32. The molecule has 0 saturated carbocycles. The minimum absolute atomic E-state index is 0.0102. The standard InChI is InChI=1S/C28H31N7O5S/c1-5-14-32-17-28(3,26(32)37)34-23(36)22-18(2)24(35-30-12-13-31-35)41-25(22)33(27(34)38)16-21(40-15-8-11-29)19-9-6-7-10-20(19)39-4/h6-7,9-10,12-13,21H,5,8,14-17H2,1-4H3/t21-,28?/m0/s1. The SMILES string of the molecule is CCCN1CC(C)(n2c(=O)c3c(C)c(-n4nccn4)sc3n(C[C@H](OCCC#N)c3ccccc3OC)c2=O)C1=O. The van der Waals surface area contributed by atoms with Gasteiger partial charge in [0.2, 0.25) is 0 Å². The summed E-state index contributed by atoms with van der Waals surface area (Å²) in [6.07, 6.45) is 3.30. The molecule has 1 amide bonds. The predicted molar refractivity (Wildman–Crippen MR) is 152 cm³/mol. The first kappa shape index (κ1) is 28.3. The molecule has 0 bridgehead atoms. The number of nitriles is 1. The van der Waals surface area contributed by atoms with Crippen LogP contribution in [0.5, 0.6) is 5.75 Å². The van der Waals surface area contributed by atoms with Crippen LogP contribution in [0, 0.1) is 18.3 Å². The van der Waals surface area contributed by atoms with E-state index in [-0.39, 0.29) is 32.0 Å². The number of thiophene rings is 1. The number of β-lactam (4-membered cyclic amide) rings is 1. The molecule has 3 aromatic heterocycles. The van der Waals surface area contributed by atoms with Crippen molar-refractivity contribution in [2.75, 3.05) is 26.8 Å². The Hall–Kier alpha value is -4.28. The van der Waals surface area contributed by atoms with E-state index in [4.69, 9.17) is 14.7 Å². The zero-order valence-electron chi connectivity index (χ0n) is 23.4. The minimum Gasteiger partial charge on any atom is -0.496 e. The highest BCUT2D eigenvalue weighted by atomic mass is 32.1. The van der Waals surface area contributed by atoms with E-state index in [0.717, 1.165) is 11.0 Å². The number of benzene rings is 1. The molecule has 4 aromatic rings. The van der Waals surface area contributed by atoms with Crippen molar-refractivity contribution >= 4 is 27.5 Å². The number of aromatic nitrogens is 5. The van der Waals surface area contributed by atoms with Gasteiger partial charge in [-0.05, 0) is 26.3 Å². The molecule has 0 spiro atoms. The van der Waals surface area contributed by atoms with Gasteiger partial charge in [0.1, 0.15) is 27.2 Å². The summed E-state index contributed by atoms with van der Waals surface area (Å²) in [6.45, 7) is 6.34. The quantitative estimate of drug-likeness (QED) is 0.196. The van der Waals surface area contributed by atoms with Crippen LogP contribution in [0.3, 0.4) is 0 Å². The summed E-state index contributed by atoms with van der Waals surface area (Å²) < 4.78 is 14.3. The number of likely N-dealkylation sites (tertiary alicyclic amines) is 1. The Morgan fingerprint density at radius 1 is 1.20 bits per heavy atom. The van der Waals surface area contributed by atoms with Gasteiger partial charge in [-0.15, -0.1) is 4.80 Å². The van der Waals surface area contributed by atoms with Crippen molar-refractivity contribution in [1.29, 1.82) is 5.26 Å². The van der Waals surface area contributed by atoms with Gasteiger partial charge in [-0.1, -0.05) is 36.5 Å². The van der Waals surface area contributed by atoms with Gasteiger partial charge in [0.25, 0.3) is 11.5 Å². The Morgan fingerprint density at radius 2 is 1.93 bits per heavy atom. The van der Waals surface area contributed by atoms with Crippen LogP contribution < -0.4 is 16.0 Å². The molecule has 2 atom stereocenters. The molecule has 214 valence electrons. The summed E-state index contributed by atoms with van der Waals surface area (Å²) in [7, 11) is 1.55. The lowest BCUT2D eigenvalue weighted by atomic mass is 9.90. The molecule has 0 N–H and O–H groups in total. The van der Waals surface area contributed by atoms with Crippen molar-refractivity contribution < 1.29 is 14.3 Å². The molecule has 1 saturated heterocycles. The monoisotopic (exact) mass is 577 g/mol. The first-order valence-corrected chi connectivity index (χ1v) is 14.1. The van der Waals surface area contributed by atoms with E-state index in [1.165, 1.54) is 33.1 Å². The van der Waals surface area contributed by atoms with Crippen molar-refractivity contribution in [2.24, 2.45) is 0 Å². The summed E-state index contributed by atoms with van der Waals surface area (Å²) in [5.41, 5.74) is -1.17. The zero-order chi connectivity index (χ0) is 29.3. The van der Waals surface area contributed by atoms with Gasteiger partial charge in [-0.2, -0.15) is 15.5 Å². The van der Waals surface area contributed by atoms with Gasteiger partial charge in [0.15, 0.2) is 0 Å². The second-order valence-corrected chi connectivity index (χ2v) is 11.1. The molecule has 5 rings (SSSR count). The summed E-state index contributed by atoms with van der Waals surface area (Å²) in [5.74, 6) is 0.296. The van der Waals surface area contributed by atoms with Crippen molar-refractivity contribution in [3.8, 4) is 16.8 Å². The largest absolute Gasteiger partial charge is 0.496 e. The molecule has 1 fully saturated rings. The molecule has 1 unspecified atom stereocenters. The highest BCUT2D eigenvalue weighted by molar-refractivity contribution is 7.21. The Kier molecular flexibility index (Phi) is 7.79. The number of methoxy groups -OCH3 is 1. The molecule has 13 heteroatoms. The third-order valence-corrected chi connectivity index (χ3v) is 8.67. The fraction of sp³-hybridized carbons (Fsp3) is 0.429. The number of rotatable bonds is 11. The molecule has 1 aliphatic rings. The maximum absolute atomic E-state index is 14.3. The van der Waals surface area contributed by atoms with Crippen LogP contribution in [0.25, 0.3) is 15.2 Å². The Morgan fingerprint density at radius 3 is 2.59 bits per heavy atom. The fourth-order valence-electron chi connectivity index (χ4n) is 5.41. The van der Waals surface area contributed by atoms with E-state index in [1.54, 1.807) is 31.9 Å². The number of aryl methyl sites for hydroxylation is 1. The number of nitrogens with zero attached hydrogens (tertiary/aromatic N) is 7. The highest BCUT2D eigenvalue weighted by Crippen LogP contribution is 2.35. The number of hydrogen-bond acceptors (Lipinski definition) is 9. The van der Waals surface area contributed by atoms with Crippen LogP contribution in [0.15, 0.2) is 46.2 Å². The predicted octanol–water partition coefficient (Wildman–Crippen LogP) is 2.76. The molecule has 12 nitrogen and oxygen atoms in total. The van der Waals surface area contributed by atoms with Crippen LogP contribution >= 0.6 is 11.3 Å². The average Bonchev–Trinajstić information content (AvgIpc) is 3.62. The third kappa shape index (κ3) is 4.72. The molecular weight excluding hydrogens is 546 g/mol. The van der Waals surface area contributed by atoms with Gasteiger partial charge in [-0.3, -0.25) is 14.2 Å². The molecule has 0 aliphatic carbocycles. The van der Waals surface area contributed by atoms with Crippen LogP contribution in [-0.4, -0.2) is 61.7 Å². The number of carbonyl (C=O) groups is 1. The normalized spacial score (nSPS) is 17.4. The molecule has 41 heavy (non-hydrogen) atoms. The number of amides is 1. The topological polar surface area (TPSA) is 137 Å². The van der Waals surface area contributed by atoms with Crippen LogP contribution in [0.2, 0.25) is 0 Å². The molecule has 1 aromatic carbocycles. The number of fused-ring (bicyclic) bond motifs is 1. The lowest BCUT2D eigenvalue weighted by Gasteiger charge is -2.47. The third-order valence-electron chi connectivity index (χ3n) is 7.39. The van der Waals surface area contributed by atoms with Crippen LogP contribution in [-0.2, 0) is 21.6 Å². The summed E-state index contributed by atoms with van der Waals surface area (Å²) in [4.78, 5) is 45.2. The summed E-state index contributed by atoms with van der Waals surface area (Å²) in [5, 5.41) is 18.5. The maximum atomic E-state index is 14.3. The maximum Gasteiger partial charge on any atom is 0.333 e. The van der Waals surface area contributed by atoms with E-state index in [1.807, 2.05) is 25.1 Å². The molecule has 0 radical (unpaired) electrons. The number of carbonyl (C=O) groups excluding carboxylic acids is 1. The Balaban J connectivity index is 1.74. The van der Waals surface area contributed by atoms with Crippen molar-refractivity contribution in [2.45, 2.75) is 51.8 Å². The number of ether oxygens (including phenoxy) is 2. The van der Waals surface area contributed by atoms with Crippen LogP contribution in [0.4, 0.5) is 0 Å². The summed E-state index contributed by atoms with van der Waals surface area (Å²) >= 11 is 1.22. The van der Waals surface area contributed by atoms with Gasteiger partial charge in [0.05, 0.1) is 57.1 Å². The molecule has 4 heterocycles.